The Morgan fingerprint density at radius 1 is 0.938 bits per heavy atom. The van der Waals surface area contributed by atoms with Crippen molar-refractivity contribution in [1.82, 2.24) is 15.2 Å². The van der Waals surface area contributed by atoms with Crippen molar-refractivity contribution in [3.8, 4) is 0 Å². The van der Waals surface area contributed by atoms with E-state index < -0.39 is 27.7 Å². The Morgan fingerprint density at radius 2 is 1.59 bits per heavy atom. The summed E-state index contributed by atoms with van der Waals surface area (Å²) in [6, 6.07) is 5.61. The highest BCUT2D eigenvalue weighted by molar-refractivity contribution is 7.89. The minimum Gasteiger partial charge on any atom is -0.313 e. The van der Waals surface area contributed by atoms with E-state index in [2.05, 4.69) is 16.2 Å². The van der Waals surface area contributed by atoms with E-state index in [4.69, 9.17) is 0 Å². The molecule has 1 heterocycles. The number of fused-ring (bicyclic) bond motifs is 1. The van der Waals surface area contributed by atoms with Crippen LogP contribution >= 0.6 is 11.3 Å². The number of hydrazine groups is 1. The first-order valence-electron chi connectivity index (χ1n) is 10.2. The highest BCUT2D eigenvalue weighted by atomic mass is 32.2. The lowest BCUT2D eigenvalue weighted by atomic mass is 10.0. The second-order valence-corrected chi connectivity index (χ2v) is 10.9. The summed E-state index contributed by atoms with van der Waals surface area (Å²) in [6.07, 6.45) is 4.57. The second kappa shape index (κ2) is 9.80. The number of hydrogen-bond acceptors (Lipinski definition) is 6. The fraction of sp³-hybridized carbons (Fsp3) is 0.381. The molecule has 0 saturated carbocycles. The van der Waals surface area contributed by atoms with Crippen LogP contribution in [0.4, 0.5) is 5.00 Å². The maximum absolute atomic E-state index is 12.9. The normalized spacial score (nSPS) is 13.8. The van der Waals surface area contributed by atoms with E-state index in [1.165, 1.54) is 56.6 Å². The van der Waals surface area contributed by atoms with E-state index in [9.17, 15) is 22.8 Å². The van der Waals surface area contributed by atoms with E-state index in [1.54, 1.807) is 0 Å². The molecule has 1 aliphatic rings. The second-order valence-electron chi connectivity index (χ2n) is 7.67. The van der Waals surface area contributed by atoms with Gasteiger partial charge in [0.25, 0.3) is 11.8 Å². The van der Waals surface area contributed by atoms with Crippen LogP contribution in [0.1, 0.15) is 57.3 Å². The van der Waals surface area contributed by atoms with E-state index >= 15 is 0 Å². The largest absolute Gasteiger partial charge is 0.313 e. The maximum atomic E-state index is 12.9. The number of carbonyl (C=O) groups is 3. The van der Waals surface area contributed by atoms with Gasteiger partial charge in [-0.15, -0.1) is 11.3 Å². The average molecular weight is 479 g/mol. The van der Waals surface area contributed by atoms with Gasteiger partial charge < -0.3 is 5.32 Å². The van der Waals surface area contributed by atoms with Gasteiger partial charge in [0.1, 0.15) is 5.00 Å². The van der Waals surface area contributed by atoms with Gasteiger partial charge in [0.05, 0.1) is 10.5 Å². The molecular formula is C21H26N4O5S2. The highest BCUT2D eigenvalue weighted by Crippen LogP contribution is 2.37. The Morgan fingerprint density at radius 3 is 2.22 bits per heavy atom. The van der Waals surface area contributed by atoms with Crippen LogP contribution in [-0.2, 0) is 27.7 Å². The van der Waals surface area contributed by atoms with Gasteiger partial charge in [-0.2, -0.15) is 0 Å². The summed E-state index contributed by atoms with van der Waals surface area (Å²) in [5.41, 5.74) is 6.21. The van der Waals surface area contributed by atoms with Gasteiger partial charge >= 0.3 is 0 Å². The van der Waals surface area contributed by atoms with E-state index in [-0.39, 0.29) is 10.5 Å². The van der Waals surface area contributed by atoms with Crippen LogP contribution < -0.4 is 16.2 Å². The average Bonchev–Trinajstić information content (AvgIpc) is 2.92. The summed E-state index contributed by atoms with van der Waals surface area (Å²) < 4.78 is 25.6. The Bertz CT molecular complexity index is 1140. The van der Waals surface area contributed by atoms with Crippen molar-refractivity contribution in [1.29, 1.82) is 0 Å². The Hall–Kier alpha value is -2.76. The molecule has 11 heteroatoms. The first-order chi connectivity index (χ1) is 15.1. The Balaban J connectivity index is 1.88. The smallest absolute Gasteiger partial charge is 0.272 e. The zero-order valence-electron chi connectivity index (χ0n) is 18.1. The van der Waals surface area contributed by atoms with Crippen molar-refractivity contribution in [3.05, 3.63) is 45.8 Å². The zero-order valence-corrected chi connectivity index (χ0v) is 19.8. The standard InChI is InChI=1S/C21H26N4O5S2/c1-13(26)23-24-20(28)18-16-7-5-4-6-8-17(16)31-21(18)22-19(27)14-9-11-15(12-10-14)32(29,30)25(2)3/h9-12H,4-8H2,1-3H3,(H,22,27)(H,23,26)(H,24,28). The van der Waals surface area contributed by atoms with E-state index in [0.717, 1.165) is 46.8 Å². The van der Waals surface area contributed by atoms with Crippen LogP contribution in [0.2, 0.25) is 0 Å². The third-order valence-corrected chi connectivity index (χ3v) is 8.16. The fourth-order valence-corrected chi connectivity index (χ4v) is 5.63. The summed E-state index contributed by atoms with van der Waals surface area (Å²) in [6.45, 7) is 1.29. The molecule has 0 saturated heterocycles. The number of amides is 3. The molecule has 172 valence electrons. The maximum Gasteiger partial charge on any atom is 0.272 e. The highest BCUT2D eigenvalue weighted by Gasteiger charge is 2.26. The minimum atomic E-state index is -3.60. The van der Waals surface area contributed by atoms with Crippen molar-refractivity contribution < 1.29 is 22.8 Å². The first kappa shape index (κ1) is 23.9. The van der Waals surface area contributed by atoms with Crippen LogP contribution in [0.3, 0.4) is 0 Å². The fourth-order valence-electron chi connectivity index (χ4n) is 3.44. The van der Waals surface area contributed by atoms with Crippen molar-refractivity contribution >= 4 is 44.1 Å². The predicted octanol–water partition coefficient (Wildman–Crippen LogP) is 2.30. The molecular weight excluding hydrogens is 452 g/mol. The predicted molar refractivity (Wildman–Crippen MR) is 122 cm³/mol. The molecule has 0 fully saturated rings. The van der Waals surface area contributed by atoms with Gasteiger partial charge in [0, 0.05) is 31.5 Å². The number of benzene rings is 1. The number of hydrogen-bond donors (Lipinski definition) is 3. The summed E-state index contributed by atoms with van der Waals surface area (Å²) >= 11 is 1.36. The SMILES string of the molecule is CC(=O)NNC(=O)c1c(NC(=O)c2ccc(S(=O)(=O)N(C)C)cc2)sc2c1CCCCC2. The number of thiophene rings is 1. The van der Waals surface area contributed by atoms with Crippen molar-refractivity contribution in [3.63, 3.8) is 0 Å². The molecule has 0 radical (unpaired) electrons. The molecule has 0 aliphatic heterocycles. The minimum absolute atomic E-state index is 0.0808. The number of carbonyl (C=O) groups excluding carboxylic acids is 3. The van der Waals surface area contributed by atoms with Gasteiger partial charge in [-0.05, 0) is 55.5 Å². The lowest BCUT2D eigenvalue weighted by Gasteiger charge is -2.12. The van der Waals surface area contributed by atoms with Crippen molar-refractivity contribution in [2.24, 2.45) is 0 Å². The summed E-state index contributed by atoms with van der Waals surface area (Å²) in [7, 11) is -0.729. The number of aryl methyl sites for hydroxylation is 1. The van der Waals surface area contributed by atoms with Gasteiger partial charge in [0.15, 0.2) is 0 Å². The molecule has 0 atom stereocenters. The monoisotopic (exact) mass is 478 g/mol. The number of nitrogens with one attached hydrogen (secondary N) is 3. The van der Waals surface area contributed by atoms with Crippen LogP contribution in [-0.4, -0.2) is 44.5 Å². The Kier molecular flexibility index (Phi) is 7.32. The Labute approximate surface area is 191 Å². The molecule has 3 amide bonds. The third kappa shape index (κ3) is 5.17. The van der Waals surface area contributed by atoms with Crippen LogP contribution in [0, 0.1) is 0 Å². The molecule has 1 aromatic heterocycles. The van der Waals surface area contributed by atoms with Gasteiger partial charge in [-0.25, -0.2) is 12.7 Å². The molecule has 0 bridgehead atoms. The van der Waals surface area contributed by atoms with E-state index in [0.29, 0.717) is 10.6 Å². The molecule has 9 nitrogen and oxygen atoms in total. The molecule has 0 spiro atoms. The molecule has 3 rings (SSSR count). The topological polar surface area (TPSA) is 125 Å². The zero-order chi connectivity index (χ0) is 23.5. The van der Waals surface area contributed by atoms with Crippen molar-refractivity contribution in [2.45, 2.75) is 43.9 Å². The van der Waals surface area contributed by atoms with E-state index in [1.807, 2.05) is 0 Å². The summed E-state index contributed by atoms with van der Waals surface area (Å²) in [5.74, 6) is -1.34. The summed E-state index contributed by atoms with van der Waals surface area (Å²) in [4.78, 5) is 38.0. The summed E-state index contributed by atoms with van der Waals surface area (Å²) in [5, 5.41) is 3.21. The number of nitrogens with zero attached hydrogens (tertiary/aromatic N) is 1. The number of sulfonamides is 1. The number of rotatable bonds is 5. The molecule has 1 aromatic carbocycles. The first-order valence-corrected chi connectivity index (χ1v) is 12.4. The molecule has 3 N–H and O–H groups in total. The lowest BCUT2D eigenvalue weighted by Crippen LogP contribution is -2.40. The molecule has 2 aromatic rings. The number of anilines is 1. The van der Waals surface area contributed by atoms with Crippen LogP contribution in [0.25, 0.3) is 0 Å². The quantitative estimate of drug-likeness (QED) is 0.449. The van der Waals surface area contributed by atoms with Crippen LogP contribution in [0.5, 0.6) is 0 Å². The van der Waals surface area contributed by atoms with Gasteiger partial charge in [0.2, 0.25) is 15.9 Å². The third-order valence-electron chi connectivity index (χ3n) is 5.12. The van der Waals surface area contributed by atoms with Gasteiger partial charge in [-0.3, -0.25) is 25.2 Å². The van der Waals surface area contributed by atoms with Gasteiger partial charge in [-0.1, -0.05) is 6.42 Å². The van der Waals surface area contributed by atoms with Crippen molar-refractivity contribution in [2.75, 3.05) is 19.4 Å². The lowest BCUT2D eigenvalue weighted by molar-refractivity contribution is -0.119. The molecule has 32 heavy (non-hydrogen) atoms. The van der Waals surface area contributed by atoms with Crippen LogP contribution in [0.15, 0.2) is 29.2 Å². The molecule has 1 aliphatic carbocycles. The molecule has 0 unspecified atom stereocenters.